The second kappa shape index (κ2) is 8.64. The van der Waals surface area contributed by atoms with Gasteiger partial charge in [-0.3, -0.25) is 0 Å². The first-order valence-corrected chi connectivity index (χ1v) is 10.8. The monoisotopic (exact) mass is 449 g/mol. The van der Waals surface area contributed by atoms with E-state index in [1.54, 1.807) is 6.33 Å². The van der Waals surface area contributed by atoms with E-state index in [2.05, 4.69) is 21.0 Å². The second-order valence-electron chi connectivity index (χ2n) is 8.10. The highest BCUT2D eigenvalue weighted by atomic mass is 16.4. The van der Waals surface area contributed by atoms with Gasteiger partial charge in [-0.2, -0.15) is 10.5 Å². The molecule has 4 aromatic rings. The summed E-state index contributed by atoms with van der Waals surface area (Å²) < 4.78 is 0. The Balaban J connectivity index is 1.79. The van der Waals surface area contributed by atoms with Crippen molar-refractivity contribution >= 4 is 28.8 Å². The van der Waals surface area contributed by atoms with Gasteiger partial charge >= 0.3 is 6.09 Å². The third-order valence-electron chi connectivity index (χ3n) is 5.81. The van der Waals surface area contributed by atoms with Gasteiger partial charge in [0.25, 0.3) is 0 Å². The summed E-state index contributed by atoms with van der Waals surface area (Å²) in [6.45, 7) is 0. The Bertz CT molecular complexity index is 1490. The smallest absolute Gasteiger partial charge is 0.418 e. The Morgan fingerprint density at radius 3 is 2.76 bits per heavy atom. The van der Waals surface area contributed by atoms with Crippen LogP contribution in [-0.2, 0) is 6.42 Å². The Labute approximate surface area is 195 Å². The molecule has 1 saturated carbocycles. The fraction of sp³-hybridized carbons (Fsp3) is 0.200. The molecular formula is C25H19N7O2. The number of hydrogen-bond donors (Lipinski definition) is 2. The maximum atomic E-state index is 12.6. The molecule has 0 bridgehead atoms. The van der Waals surface area contributed by atoms with E-state index >= 15 is 0 Å². The van der Waals surface area contributed by atoms with Crippen LogP contribution in [0.15, 0.2) is 48.9 Å². The van der Waals surface area contributed by atoms with Crippen molar-refractivity contribution < 1.29 is 9.90 Å². The molecule has 3 aromatic heterocycles. The van der Waals surface area contributed by atoms with Crippen LogP contribution in [0.25, 0.3) is 22.2 Å². The van der Waals surface area contributed by atoms with Crippen LogP contribution in [0.2, 0.25) is 0 Å². The van der Waals surface area contributed by atoms with Gasteiger partial charge in [-0.25, -0.2) is 24.6 Å². The average molecular weight is 449 g/mol. The molecular weight excluding hydrogens is 430 g/mol. The number of benzene rings is 1. The molecule has 1 aromatic carbocycles. The molecule has 2 N–H and O–H groups in total. The maximum Gasteiger partial charge on any atom is 0.418 e. The van der Waals surface area contributed by atoms with Crippen molar-refractivity contribution in [3.8, 4) is 23.3 Å². The summed E-state index contributed by atoms with van der Waals surface area (Å²) >= 11 is 0. The van der Waals surface area contributed by atoms with E-state index in [0.29, 0.717) is 23.2 Å². The van der Waals surface area contributed by atoms with Crippen molar-refractivity contribution in [2.45, 2.75) is 31.6 Å². The van der Waals surface area contributed by atoms with Gasteiger partial charge in [0.2, 0.25) is 0 Å². The van der Waals surface area contributed by atoms with E-state index < -0.39 is 6.09 Å². The lowest BCUT2D eigenvalue weighted by Crippen LogP contribution is -2.27. The number of nitriles is 2. The van der Waals surface area contributed by atoms with Crippen LogP contribution in [0.3, 0.4) is 0 Å². The van der Waals surface area contributed by atoms with Gasteiger partial charge in [0.15, 0.2) is 5.82 Å². The molecule has 1 aliphatic rings. The number of imidazole rings is 1. The Kier molecular flexibility index (Phi) is 5.36. The molecule has 0 saturated heterocycles. The van der Waals surface area contributed by atoms with Crippen molar-refractivity contribution in [3.63, 3.8) is 0 Å². The van der Waals surface area contributed by atoms with Crippen molar-refractivity contribution in [2.75, 3.05) is 4.90 Å². The highest BCUT2D eigenvalue weighted by Crippen LogP contribution is 2.48. The summed E-state index contributed by atoms with van der Waals surface area (Å²) in [6, 6.07) is 14.8. The topological polar surface area (TPSA) is 143 Å². The van der Waals surface area contributed by atoms with Crippen molar-refractivity contribution in [1.29, 1.82) is 10.5 Å². The third-order valence-corrected chi connectivity index (χ3v) is 5.81. The number of fused-ring (bicyclic) bond motifs is 1. The molecule has 5 rings (SSSR count). The van der Waals surface area contributed by atoms with Gasteiger partial charge in [-0.1, -0.05) is 6.07 Å². The van der Waals surface area contributed by atoms with Crippen LogP contribution in [0.5, 0.6) is 0 Å². The fourth-order valence-electron chi connectivity index (χ4n) is 4.09. The minimum Gasteiger partial charge on any atom is -0.464 e. The van der Waals surface area contributed by atoms with Crippen LogP contribution < -0.4 is 4.90 Å². The molecule has 1 aliphatic carbocycles. The highest BCUT2D eigenvalue weighted by molar-refractivity contribution is 5.99. The number of hydrogen-bond acceptors (Lipinski definition) is 6. The number of H-pyrrole nitrogens is 1. The Hall–Kier alpha value is -4.76. The van der Waals surface area contributed by atoms with Crippen LogP contribution >= 0.6 is 0 Å². The number of aromatic nitrogens is 4. The van der Waals surface area contributed by atoms with Crippen molar-refractivity contribution in [3.05, 3.63) is 65.7 Å². The predicted octanol–water partition coefficient (Wildman–Crippen LogP) is 5.04. The van der Waals surface area contributed by atoms with Gasteiger partial charge < -0.3 is 10.1 Å². The van der Waals surface area contributed by atoms with Crippen LogP contribution in [-0.4, -0.2) is 31.1 Å². The zero-order valence-electron chi connectivity index (χ0n) is 18.1. The molecule has 0 atom stereocenters. The zero-order chi connectivity index (χ0) is 23.7. The van der Waals surface area contributed by atoms with E-state index in [-0.39, 0.29) is 24.0 Å². The second-order valence-corrected chi connectivity index (χ2v) is 8.10. The molecule has 0 unspecified atom stereocenters. The SMILES string of the molecule is N#CCCc1cc(C2CC2)c(-c2ccc3[nH]cnc3c2)c(N(C(=O)O)c2cc(C#N)ccn2)n1. The van der Waals surface area contributed by atoms with Crippen LogP contribution in [0.4, 0.5) is 16.4 Å². The number of pyridine rings is 2. The van der Waals surface area contributed by atoms with Gasteiger partial charge in [0.1, 0.15) is 5.82 Å². The van der Waals surface area contributed by atoms with Gasteiger partial charge in [-0.15, -0.1) is 0 Å². The van der Waals surface area contributed by atoms with E-state index in [1.165, 1.54) is 18.3 Å². The van der Waals surface area contributed by atoms with Gasteiger partial charge in [0, 0.05) is 30.3 Å². The minimum absolute atomic E-state index is 0.0836. The largest absolute Gasteiger partial charge is 0.464 e. The summed E-state index contributed by atoms with van der Waals surface area (Å²) in [5.41, 5.74) is 5.04. The molecule has 1 fully saturated rings. The summed E-state index contributed by atoms with van der Waals surface area (Å²) in [5, 5.41) is 28.7. The lowest BCUT2D eigenvalue weighted by Gasteiger charge is -2.24. The quantitative estimate of drug-likeness (QED) is 0.420. The average Bonchev–Trinajstić information content (AvgIpc) is 3.59. The fourth-order valence-corrected chi connectivity index (χ4v) is 4.09. The molecule has 9 heteroatoms. The number of nitrogens with one attached hydrogen (secondary N) is 1. The van der Waals surface area contributed by atoms with Crippen molar-refractivity contribution in [1.82, 2.24) is 19.9 Å². The summed E-state index contributed by atoms with van der Waals surface area (Å²) in [5.74, 6) is 0.573. The Morgan fingerprint density at radius 2 is 2.03 bits per heavy atom. The Morgan fingerprint density at radius 1 is 1.18 bits per heavy atom. The lowest BCUT2D eigenvalue weighted by atomic mass is 9.95. The molecule has 0 aliphatic heterocycles. The van der Waals surface area contributed by atoms with Gasteiger partial charge in [0.05, 0.1) is 35.1 Å². The van der Waals surface area contributed by atoms with E-state index in [9.17, 15) is 15.2 Å². The first kappa shape index (κ1) is 21.1. The molecule has 1 amide bonds. The number of carboxylic acid groups (broad SMARTS) is 1. The highest BCUT2D eigenvalue weighted by Gasteiger charge is 2.33. The standard InChI is InChI=1S/C25H19N7O2/c26-8-1-2-18-12-19(16-3-4-16)23(17-5-6-20-21(11-17)30-14-29-20)24(31-18)32(25(33)34)22-10-15(13-27)7-9-28-22/h5-7,9-12,14,16H,1-4H2,(H,29,30)(H,33,34). The predicted molar refractivity (Wildman–Crippen MR) is 124 cm³/mol. The number of amides is 1. The van der Waals surface area contributed by atoms with Crippen LogP contribution in [0.1, 0.15) is 42.0 Å². The van der Waals surface area contributed by atoms with Gasteiger partial charge in [-0.05, 0) is 60.2 Å². The molecule has 9 nitrogen and oxygen atoms in total. The minimum atomic E-state index is -1.27. The number of aromatic amines is 1. The first-order valence-electron chi connectivity index (χ1n) is 10.8. The number of rotatable bonds is 6. The summed E-state index contributed by atoms with van der Waals surface area (Å²) in [7, 11) is 0. The number of anilines is 2. The van der Waals surface area contributed by atoms with Crippen molar-refractivity contribution in [2.24, 2.45) is 0 Å². The lowest BCUT2D eigenvalue weighted by molar-refractivity contribution is 0.204. The first-order chi connectivity index (χ1) is 16.6. The molecule has 0 spiro atoms. The third kappa shape index (κ3) is 3.91. The van der Waals surface area contributed by atoms with E-state index in [1.807, 2.05) is 30.3 Å². The molecule has 34 heavy (non-hydrogen) atoms. The van der Waals surface area contributed by atoms with E-state index in [4.69, 9.17) is 10.2 Å². The number of nitrogens with zero attached hydrogens (tertiary/aromatic N) is 6. The summed E-state index contributed by atoms with van der Waals surface area (Å²) in [6.07, 6.45) is 4.41. The molecule has 0 radical (unpaired) electrons. The molecule has 3 heterocycles. The number of aryl methyl sites for hydroxylation is 1. The molecule has 166 valence electrons. The number of carbonyl (C=O) groups is 1. The van der Waals surface area contributed by atoms with E-state index in [0.717, 1.165) is 39.9 Å². The normalized spacial score (nSPS) is 12.8. The zero-order valence-corrected chi connectivity index (χ0v) is 18.1. The maximum absolute atomic E-state index is 12.6. The summed E-state index contributed by atoms with van der Waals surface area (Å²) in [4.78, 5) is 30.0. The van der Waals surface area contributed by atoms with Crippen LogP contribution in [0, 0.1) is 22.7 Å².